The minimum atomic E-state index is -0.245. The quantitative estimate of drug-likeness (QED) is 0.448. The standard InChI is InChI=1S/C26H38ClN5O/c1-17-8-9-20(29-4)22(17)24(28)31-12-14-32(15-13-31)25(33)23(18-6-5-7-19(27)16-18)21-10-11-26(2,3)30-21/h5-7,16-17,21,23,28-30H,8-15H2,1-4H3/t17-,21+,23?/m1/s1. The first-order valence-electron chi connectivity index (χ1n) is 12.3. The third-order valence-electron chi connectivity index (χ3n) is 7.64. The number of carbonyl (C=O) groups excluding carboxylic acids is 1. The summed E-state index contributed by atoms with van der Waals surface area (Å²) in [6.45, 7) is 9.30. The molecule has 0 spiro atoms. The minimum absolute atomic E-state index is 0.0340. The Balaban J connectivity index is 1.48. The van der Waals surface area contributed by atoms with Crippen molar-refractivity contribution in [2.75, 3.05) is 33.2 Å². The van der Waals surface area contributed by atoms with Gasteiger partial charge in [0.25, 0.3) is 0 Å². The molecule has 2 heterocycles. The highest BCUT2D eigenvalue weighted by Crippen LogP contribution is 2.35. The van der Waals surface area contributed by atoms with Crippen molar-refractivity contribution < 1.29 is 4.79 Å². The average Bonchev–Trinajstić information content (AvgIpc) is 3.34. The van der Waals surface area contributed by atoms with Crippen molar-refractivity contribution in [3.63, 3.8) is 0 Å². The summed E-state index contributed by atoms with van der Waals surface area (Å²) in [4.78, 5) is 18.0. The highest BCUT2D eigenvalue weighted by atomic mass is 35.5. The van der Waals surface area contributed by atoms with Gasteiger partial charge in [0.1, 0.15) is 5.84 Å². The Hall–Kier alpha value is -2.05. The lowest BCUT2D eigenvalue weighted by atomic mass is 9.88. The van der Waals surface area contributed by atoms with E-state index in [1.807, 2.05) is 36.2 Å². The molecule has 1 unspecified atom stereocenters. The van der Waals surface area contributed by atoms with Crippen molar-refractivity contribution in [3.05, 3.63) is 46.1 Å². The number of nitrogens with one attached hydrogen (secondary N) is 3. The first-order chi connectivity index (χ1) is 15.7. The van der Waals surface area contributed by atoms with Crippen LogP contribution in [0.25, 0.3) is 0 Å². The highest BCUT2D eigenvalue weighted by molar-refractivity contribution is 6.30. The lowest BCUT2D eigenvalue weighted by Gasteiger charge is -2.39. The highest BCUT2D eigenvalue weighted by Gasteiger charge is 2.41. The molecule has 3 N–H and O–H groups in total. The number of amidine groups is 1. The summed E-state index contributed by atoms with van der Waals surface area (Å²) in [6.07, 6.45) is 4.13. The zero-order chi connectivity index (χ0) is 23.8. The largest absolute Gasteiger partial charge is 0.391 e. The third kappa shape index (κ3) is 5.07. The molecule has 6 nitrogen and oxygen atoms in total. The Morgan fingerprint density at radius 2 is 1.91 bits per heavy atom. The van der Waals surface area contributed by atoms with Gasteiger partial charge in [-0.25, -0.2) is 0 Å². The Labute approximate surface area is 203 Å². The van der Waals surface area contributed by atoms with E-state index in [2.05, 4.69) is 36.3 Å². The average molecular weight is 472 g/mol. The van der Waals surface area contributed by atoms with Gasteiger partial charge >= 0.3 is 0 Å². The van der Waals surface area contributed by atoms with Crippen LogP contribution in [0.2, 0.25) is 5.02 Å². The van der Waals surface area contributed by atoms with Gasteiger partial charge in [0.05, 0.1) is 5.92 Å². The number of hydrogen-bond acceptors (Lipinski definition) is 4. The van der Waals surface area contributed by atoms with Gasteiger partial charge < -0.3 is 20.4 Å². The SMILES string of the molecule is CNC1=C(C(=N)N2CCN(C(=O)C(c3cccc(Cl)c3)[C@@H]3CCC(C)(C)N3)CC2)[C@H](C)CC1. The van der Waals surface area contributed by atoms with Crippen molar-refractivity contribution in [2.45, 2.75) is 64.0 Å². The predicted molar refractivity (Wildman–Crippen MR) is 135 cm³/mol. The van der Waals surface area contributed by atoms with Crippen LogP contribution in [0.5, 0.6) is 0 Å². The number of nitrogens with zero attached hydrogens (tertiary/aromatic N) is 2. The van der Waals surface area contributed by atoms with Crippen molar-refractivity contribution in [2.24, 2.45) is 5.92 Å². The van der Waals surface area contributed by atoms with Crippen LogP contribution in [0.4, 0.5) is 0 Å². The summed E-state index contributed by atoms with van der Waals surface area (Å²) < 4.78 is 0. The van der Waals surface area contributed by atoms with Gasteiger partial charge in [0, 0.05) is 61.1 Å². The van der Waals surface area contributed by atoms with Crippen LogP contribution in [0.3, 0.4) is 0 Å². The zero-order valence-electron chi connectivity index (χ0n) is 20.4. The Morgan fingerprint density at radius 1 is 1.21 bits per heavy atom. The van der Waals surface area contributed by atoms with E-state index in [1.165, 1.54) is 5.70 Å². The zero-order valence-corrected chi connectivity index (χ0v) is 21.1. The predicted octanol–water partition coefficient (Wildman–Crippen LogP) is 3.98. The normalized spacial score (nSPS) is 26.0. The maximum absolute atomic E-state index is 13.8. The monoisotopic (exact) mass is 471 g/mol. The molecule has 0 bridgehead atoms. The number of amides is 1. The molecule has 3 aliphatic rings. The number of hydrogen-bond donors (Lipinski definition) is 3. The number of rotatable bonds is 5. The molecule has 2 fully saturated rings. The first-order valence-corrected chi connectivity index (χ1v) is 12.6. The molecule has 1 aromatic rings. The van der Waals surface area contributed by atoms with E-state index >= 15 is 0 Å². The van der Waals surface area contributed by atoms with Crippen LogP contribution in [-0.4, -0.2) is 66.4 Å². The second kappa shape index (κ2) is 9.67. The summed E-state index contributed by atoms with van der Waals surface area (Å²) in [7, 11) is 1.95. The summed E-state index contributed by atoms with van der Waals surface area (Å²) in [5.41, 5.74) is 3.36. The van der Waals surface area contributed by atoms with Crippen LogP contribution in [0, 0.1) is 11.3 Å². The second-order valence-electron chi connectivity index (χ2n) is 10.4. The molecule has 0 aromatic heterocycles. The fourth-order valence-corrected chi connectivity index (χ4v) is 5.95. The molecule has 180 valence electrons. The molecule has 7 heteroatoms. The molecule has 0 saturated carbocycles. The van der Waals surface area contributed by atoms with Crippen LogP contribution in [0.1, 0.15) is 57.9 Å². The fourth-order valence-electron chi connectivity index (χ4n) is 5.75. The van der Waals surface area contributed by atoms with Gasteiger partial charge in [0.15, 0.2) is 0 Å². The number of allylic oxidation sites excluding steroid dienone is 1. The number of halogens is 1. The van der Waals surface area contributed by atoms with E-state index in [4.69, 9.17) is 17.0 Å². The van der Waals surface area contributed by atoms with Crippen molar-refractivity contribution in [1.29, 1.82) is 5.41 Å². The van der Waals surface area contributed by atoms with E-state index < -0.39 is 0 Å². The summed E-state index contributed by atoms with van der Waals surface area (Å²) in [6, 6.07) is 7.87. The van der Waals surface area contributed by atoms with Crippen LogP contribution >= 0.6 is 11.6 Å². The van der Waals surface area contributed by atoms with Gasteiger partial charge in [0.2, 0.25) is 5.91 Å². The first kappa shape index (κ1) is 24.1. The molecule has 2 saturated heterocycles. The van der Waals surface area contributed by atoms with Gasteiger partial charge in [-0.3, -0.25) is 10.2 Å². The third-order valence-corrected chi connectivity index (χ3v) is 7.88. The van der Waals surface area contributed by atoms with Crippen molar-refractivity contribution >= 4 is 23.3 Å². The number of piperazine rings is 1. The second-order valence-corrected chi connectivity index (χ2v) is 10.9. The van der Waals surface area contributed by atoms with E-state index in [1.54, 1.807) is 0 Å². The fraction of sp³-hybridized carbons (Fsp3) is 0.615. The molecule has 1 aromatic carbocycles. The lowest BCUT2D eigenvalue weighted by molar-refractivity contribution is -0.134. The van der Waals surface area contributed by atoms with E-state index in [-0.39, 0.29) is 23.4 Å². The van der Waals surface area contributed by atoms with Crippen molar-refractivity contribution in [3.8, 4) is 0 Å². The molecule has 0 radical (unpaired) electrons. The molecule has 2 aliphatic heterocycles. The molecule has 3 atom stereocenters. The van der Waals surface area contributed by atoms with Gasteiger partial charge in [-0.05, 0) is 63.1 Å². The van der Waals surface area contributed by atoms with Gasteiger partial charge in [-0.15, -0.1) is 0 Å². The summed E-state index contributed by atoms with van der Waals surface area (Å²) in [5, 5.41) is 16.5. The molecule has 1 aliphatic carbocycles. The number of benzene rings is 1. The summed E-state index contributed by atoms with van der Waals surface area (Å²) >= 11 is 6.31. The molecular weight excluding hydrogens is 434 g/mol. The van der Waals surface area contributed by atoms with E-state index in [0.717, 1.165) is 36.8 Å². The van der Waals surface area contributed by atoms with Crippen molar-refractivity contribution in [1.82, 2.24) is 20.4 Å². The number of carbonyl (C=O) groups is 1. The molecule has 4 rings (SSSR count). The maximum atomic E-state index is 13.8. The van der Waals surface area contributed by atoms with E-state index in [0.29, 0.717) is 43.0 Å². The van der Waals surface area contributed by atoms with Crippen LogP contribution < -0.4 is 10.6 Å². The smallest absolute Gasteiger partial charge is 0.231 e. The Morgan fingerprint density at radius 3 is 2.52 bits per heavy atom. The van der Waals surface area contributed by atoms with Gasteiger partial charge in [-0.1, -0.05) is 30.7 Å². The molecule has 33 heavy (non-hydrogen) atoms. The molecule has 1 amide bonds. The summed E-state index contributed by atoms with van der Waals surface area (Å²) in [5.74, 6) is 0.957. The maximum Gasteiger partial charge on any atom is 0.231 e. The van der Waals surface area contributed by atoms with Crippen LogP contribution in [0.15, 0.2) is 35.5 Å². The lowest BCUT2D eigenvalue weighted by Crippen LogP contribution is -2.54. The van der Waals surface area contributed by atoms with Crippen LogP contribution in [-0.2, 0) is 4.79 Å². The minimum Gasteiger partial charge on any atom is -0.391 e. The molecular formula is C26H38ClN5O. The van der Waals surface area contributed by atoms with E-state index in [9.17, 15) is 4.79 Å². The van der Waals surface area contributed by atoms with Gasteiger partial charge in [-0.2, -0.15) is 0 Å². The Bertz CT molecular complexity index is 934. The topological polar surface area (TPSA) is 71.5 Å². The Kier molecular flexibility index (Phi) is 7.06.